The third-order valence-electron chi connectivity index (χ3n) is 3.25. The zero-order valence-electron chi connectivity index (χ0n) is 10.4. The molecule has 4 nitrogen and oxygen atoms in total. The number of sulfonamides is 1. The molecule has 0 saturated heterocycles. The third kappa shape index (κ3) is 4.89. The Morgan fingerprint density at radius 2 is 1.94 bits per heavy atom. The number of nitrogens with zero attached hydrogens (tertiary/aromatic N) is 1. The maximum absolute atomic E-state index is 12.2. The van der Waals surface area contributed by atoms with Gasteiger partial charge in [-0.2, -0.15) is 4.31 Å². The van der Waals surface area contributed by atoms with Gasteiger partial charge in [-0.3, -0.25) is 0 Å². The molecular weight excluding hydrogens is 256 g/mol. The summed E-state index contributed by atoms with van der Waals surface area (Å²) in [6.45, 7) is 2.42. The molecule has 17 heavy (non-hydrogen) atoms. The maximum atomic E-state index is 12.2. The SMILES string of the molecule is CCN(CC(N)=S)S(=O)(=O)CC1CCCCC1. The van der Waals surface area contributed by atoms with E-state index in [-0.39, 0.29) is 17.3 Å². The molecule has 0 unspecified atom stereocenters. The maximum Gasteiger partial charge on any atom is 0.214 e. The summed E-state index contributed by atoms with van der Waals surface area (Å²) in [5.41, 5.74) is 5.42. The minimum Gasteiger partial charge on any atom is -0.392 e. The van der Waals surface area contributed by atoms with Gasteiger partial charge in [0.05, 0.1) is 17.3 Å². The Balaban J connectivity index is 2.61. The summed E-state index contributed by atoms with van der Waals surface area (Å²) in [5, 5.41) is 0. The Bertz CT molecular complexity index is 348. The van der Waals surface area contributed by atoms with Crippen LogP contribution in [0.3, 0.4) is 0 Å². The molecule has 100 valence electrons. The first-order chi connectivity index (χ1) is 7.95. The first-order valence-electron chi connectivity index (χ1n) is 6.22. The van der Waals surface area contributed by atoms with Crippen LogP contribution in [0.1, 0.15) is 39.0 Å². The molecule has 0 spiro atoms. The van der Waals surface area contributed by atoms with Crippen molar-refractivity contribution < 1.29 is 8.42 Å². The van der Waals surface area contributed by atoms with Gasteiger partial charge < -0.3 is 5.73 Å². The van der Waals surface area contributed by atoms with E-state index in [9.17, 15) is 8.42 Å². The molecule has 1 rings (SSSR count). The van der Waals surface area contributed by atoms with Gasteiger partial charge in [0.1, 0.15) is 0 Å². The fraction of sp³-hybridized carbons (Fsp3) is 0.909. The average molecular weight is 278 g/mol. The summed E-state index contributed by atoms with van der Waals surface area (Å²) in [4.78, 5) is 0.235. The van der Waals surface area contributed by atoms with Gasteiger partial charge in [-0.25, -0.2) is 8.42 Å². The Hall–Kier alpha value is -0.200. The van der Waals surface area contributed by atoms with Gasteiger partial charge >= 0.3 is 0 Å². The standard InChI is InChI=1S/C11H22N2O2S2/c1-2-13(8-11(12)16)17(14,15)9-10-6-4-3-5-7-10/h10H,2-9H2,1H3,(H2,12,16). The minimum atomic E-state index is -3.20. The molecule has 1 aliphatic carbocycles. The van der Waals surface area contributed by atoms with Crippen LogP contribution in [0, 0.1) is 5.92 Å². The fourth-order valence-electron chi connectivity index (χ4n) is 2.34. The molecule has 1 aliphatic rings. The Morgan fingerprint density at radius 1 is 1.35 bits per heavy atom. The van der Waals surface area contributed by atoms with Gasteiger partial charge in [-0.05, 0) is 18.8 Å². The largest absolute Gasteiger partial charge is 0.392 e. The quantitative estimate of drug-likeness (QED) is 0.748. The highest BCUT2D eigenvalue weighted by Gasteiger charge is 2.26. The lowest BCUT2D eigenvalue weighted by Crippen LogP contribution is -2.40. The Morgan fingerprint density at radius 3 is 2.41 bits per heavy atom. The Labute approximate surface area is 110 Å². The second-order valence-corrected chi connectivity index (χ2v) is 7.21. The van der Waals surface area contributed by atoms with Crippen LogP contribution < -0.4 is 5.73 Å². The lowest BCUT2D eigenvalue weighted by Gasteiger charge is -2.25. The number of rotatable bonds is 6. The lowest BCUT2D eigenvalue weighted by atomic mass is 9.91. The van der Waals surface area contributed by atoms with E-state index in [0.29, 0.717) is 12.5 Å². The first kappa shape index (κ1) is 14.9. The van der Waals surface area contributed by atoms with E-state index in [1.165, 1.54) is 10.7 Å². The number of nitrogens with two attached hydrogens (primary N) is 1. The van der Waals surface area contributed by atoms with Crippen molar-refractivity contribution >= 4 is 27.2 Å². The van der Waals surface area contributed by atoms with E-state index in [1.807, 2.05) is 6.92 Å². The molecule has 0 bridgehead atoms. The van der Waals surface area contributed by atoms with Crippen LogP contribution in [0.15, 0.2) is 0 Å². The zero-order valence-corrected chi connectivity index (χ0v) is 12.0. The van der Waals surface area contributed by atoms with Gasteiger partial charge in [-0.15, -0.1) is 0 Å². The zero-order chi connectivity index (χ0) is 12.9. The van der Waals surface area contributed by atoms with Crippen LogP contribution in [-0.2, 0) is 10.0 Å². The van der Waals surface area contributed by atoms with Gasteiger partial charge in [0.15, 0.2) is 0 Å². The highest BCUT2D eigenvalue weighted by atomic mass is 32.2. The van der Waals surface area contributed by atoms with E-state index in [1.54, 1.807) is 0 Å². The van der Waals surface area contributed by atoms with Gasteiger partial charge in [0, 0.05) is 6.54 Å². The summed E-state index contributed by atoms with van der Waals surface area (Å²) >= 11 is 4.78. The van der Waals surface area contributed by atoms with Crippen LogP contribution in [-0.4, -0.2) is 36.6 Å². The van der Waals surface area contributed by atoms with E-state index in [4.69, 9.17) is 18.0 Å². The minimum absolute atomic E-state index is 0.168. The van der Waals surface area contributed by atoms with E-state index < -0.39 is 10.0 Å². The molecule has 2 N–H and O–H groups in total. The molecule has 0 heterocycles. The van der Waals surface area contributed by atoms with Crippen LogP contribution in [0.2, 0.25) is 0 Å². The van der Waals surface area contributed by atoms with Crippen molar-refractivity contribution in [3.8, 4) is 0 Å². The van der Waals surface area contributed by atoms with Gasteiger partial charge in [-0.1, -0.05) is 38.4 Å². The number of thiocarbonyl (C=S) groups is 1. The molecule has 0 aromatic rings. The Kier molecular flexibility index (Phi) is 5.82. The van der Waals surface area contributed by atoms with Crippen LogP contribution in [0.4, 0.5) is 0 Å². The smallest absolute Gasteiger partial charge is 0.214 e. The van der Waals surface area contributed by atoms with Crippen molar-refractivity contribution in [2.75, 3.05) is 18.8 Å². The molecule has 6 heteroatoms. The highest BCUT2D eigenvalue weighted by molar-refractivity contribution is 7.89. The molecular formula is C11H22N2O2S2. The number of likely N-dealkylation sites (N-methyl/N-ethyl adjacent to an activating group) is 1. The molecule has 0 aromatic heterocycles. The van der Waals surface area contributed by atoms with Crippen LogP contribution in [0.5, 0.6) is 0 Å². The van der Waals surface area contributed by atoms with Gasteiger partial charge in [0.2, 0.25) is 10.0 Å². The highest BCUT2D eigenvalue weighted by Crippen LogP contribution is 2.25. The van der Waals surface area contributed by atoms with Crippen molar-refractivity contribution in [3.05, 3.63) is 0 Å². The monoisotopic (exact) mass is 278 g/mol. The van der Waals surface area contributed by atoms with Crippen molar-refractivity contribution in [2.45, 2.75) is 39.0 Å². The summed E-state index contributed by atoms with van der Waals surface area (Å²) in [5.74, 6) is 0.567. The van der Waals surface area contributed by atoms with Crippen molar-refractivity contribution in [1.29, 1.82) is 0 Å². The van der Waals surface area contributed by atoms with E-state index in [0.717, 1.165) is 25.7 Å². The molecule has 1 saturated carbocycles. The van der Waals surface area contributed by atoms with Gasteiger partial charge in [0.25, 0.3) is 0 Å². The fourth-order valence-corrected chi connectivity index (χ4v) is 4.44. The summed E-state index contributed by atoms with van der Waals surface area (Å²) in [6.07, 6.45) is 5.61. The summed E-state index contributed by atoms with van der Waals surface area (Å²) < 4.78 is 25.7. The second kappa shape index (κ2) is 6.66. The predicted molar refractivity (Wildman–Crippen MR) is 74.4 cm³/mol. The summed E-state index contributed by atoms with van der Waals surface area (Å²) in [7, 11) is -3.20. The molecule has 0 radical (unpaired) electrons. The van der Waals surface area contributed by atoms with E-state index >= 15 is 0 Å². The normalized spacial score (nSPS) is 18.5. The number of hydrogen-bond acceptors (Lipinski definition) is 3. The predicted octanol–water partition coefficient (Wildman–Crippen LogP) is 1.50. The molecule has 0 atom stereocenters. The van der Waals surface area contributed by atoms with Crippen molar-refractivity contribution in [3.63, 3.8) is 0 Å². The van der Waals surface area contributed by atoms with Crippen molar-refractivity contribution in [1.82, 2.24) is 4.31 Å². The van der Waals surface area contributed by atoms with Crippen LogP contribution >= 0.6 is 12.2 Å². The van der Waals surface area contributed by atoms with Crippen LogP contribution in [0.25, 0.3) is 0 Å². The van der Waals surface area contributed by atoms with E-state index in [2.05, 4.69) is 0 Å². The molecule has 0 aliphatic heterocycles. The summed E-state index contributed by atoms with van der Waals surface area (Å²) in [6, 6.07) is 0. The molecule has 0 aromatic carbocycles. The average Bonchev–Trinajstić information content (AvgIpc) is 2.26. The lowest BCUT2D eigenvalue weighted by molar-refractivity contribution is 0.375. The molecule has 1 fully saturated rings. The van der Waals surface area contributed by atoms with Crippen molar-refractivity contribution in [2.24, 2.45) is 11.7 Å². The second-order valence-electron chi connectivity index (χ2n) is 4.68. The first-order valence-corrected chi connectivity index (χ1v) is 8.23. The third-order valence-corrected chi connectivity index (χ3v) is 5.45. The number of hydrogen-bond donors (Lipinski definition) is 1. The topological polar surface area (TPSA) is 63.4 Å². The molecule has 0 amide bonds.